The third-order valence-corrected chi connectivity index (χ3v) is 4.98. The quantitative estimate of drug-likeness (QED) is 0.630. The molecule has 0 radical (unpaired) electrons. The molecule has 156 valence electrons. The third-order valence-electron chi connectivity index (χ3n) is 4.98. The molecule has 0 saturated carbocycles. The number of benzene rings is 2. The number of nitrogens with one attached hydrogen (secondary N) is 1. The monoisotopic (exact) mass is 414 g/mol. The van der Waals surface area contributed by atoms with Crippen LogP contribution >= 0.6 is 0 Å². The summed E-state index contributed by atoms with van der Waals surface area (Å²) in [6.45, 7) is 2.23. The molecule has 0 unspecified atom stereocenters. The maximum absolute atomic E-state index is 13.4. The van der Waals surface area contributed by atoms with Gasteiger partial charge < -0.3 is 10.1 Å². The van der Waals surface area contributed by atoms with Crippen LogP contribution in [0.5, 0.6) is 11.6 Å². The molecule has 1 N–H and O–H groups in total. The van der Waals surface area contributed by atoms with Crippen molar-refractivity contribution >= 4 is 5.95 Å². The highest BCUT2D eigenvalue weighted by Gasteiger charge is 2.20. The van der Waals surface area contributed by atoms with Crippen LogP contribution < -0.4 is 10.1 Å². The lowest BCUT2D eigenvalue weighted by Crippen LogP contribution is -2.39. The van der Waals surface area contributed by atoms with Crippen LogP contribution in [0.25, 0.3) is 0 Å². The number of halogens is 3. The van der Waals surface area contributed by atoms with E-state index in [1.807, 2.05) is 0 Å². The molecular formula is C22H21F3N4O. The molecule has 1 aliphatic heterocycles. The SMILES string of the molecule is Fc1ccc(Oc2ccnc(NC3CCN(Cc4ccc(F)c(F)c4)CC3)n2)cc1. The molecule has 0 amide bonds. The van der Waals surface area contributed by atoms with Crippen LogP contribution in [0.2, 0.25) is 0 Å². The Morgan fingerprint density at radius 3 is 2.47 bits per heavy atom. The van der Waals surface area contributed by atoms with E-state index in [-0.39, 0.29) is 11.9 Å². The summed E-state index contributed by atoms with van der Waals surface area (Å²) in [5, 5.41) is 3.32. The van der Waals surface area contributed by atoms with E-state index in [1.54, 1.807) is 18.3 Å². The molecule has 5 nitrogen and oxygen atoms in total. The number of piperidine rings is 1. The molecule has 2 heterocycles. The number of rotatable bonds is 6. The van der Waals surface area contributed by atoms with Crippen molar-refractivity contribution in [2.75, 3.05) is 18.4 Å². The van der Waals surface area contributed by atoms with Gasteiger partial charge in [0.2, 0.25) is 11.8 Å². The molecule has 8 heteroatoms. The zero-order valence-electron chi connectivity index (χ0n) is 16.2. The van der Waals surface area contributed by atoms with Crippen LogP contribution in [-0.4, -0.2) is 34.0 Å². The highest BCUT2D eigenvalue weighted by molar-refractivity contribution is 5.32. The molecule has 4 rings (SSSR count). The predicted molar refractivity (Wildman–Crippen MR) is 107 cm³/mol. The number of likely N-dealkylation sites (tertiary alicyclic amines) is 1. The van der Waals surface area contributed by atoms with Gasteiger partial charge in [0.25, 0.3) is 0 Å². The van der Waals surface area contributed by atoms with Gasteiger partial charge in [-0.1, -0.05) is 6.07 Å². The first-order chi connectivity index (χ1) is 14.5. The Morgan fingerprint density at radius 2 is 1.73 bits per heavy atom. The summed E-state index contributed by atoms with van der Waals surface area (Å²) in [7, 11) is 0. The Hall–Kier alpha value is -3.13. The second-order valence-electron chi connectivity index (χ2n) is 7.22. The number of anilines is 1. The minimum atomic E-state index is -0.827. The van der Waals surface area contributed by atoms with Gasteiger partial charge in [0.05, 0.1) is 0 Å². The topological polar surface area (TPSA) is 50.3 Å². The molecule has 1 aromatic heterocycles. The Morgan fingerprint density at radius 1 is 0.967 bits per heavy atom. The summed E-state index contributed by atoms with van der Waals surface area (Å²) in [6, 6.07) is 11.6. The van der Waals surface area contributed by atoms with Gasteiger partial charge in [-0.15, -0.1) is 0 Å². The fraction of sp³-hybridized carbons (Fsp3) is 0.273. The Balaban J connectivity index is 1.29. The van der Waals surface area contributed by atoms with Gasteiger partial charge >= 0.3 is 0 Å². The van der Waals surface area contributed by atoms with E-state index in [1.165, 1.54) is 30.3 Å². The Bertz CT molecular complexity index is 992. The van der Waals surface area contributed by atoms with Crippen LogP contribution in [0.1, 0.15) is 18.4 Å². The van der Waals surface area contributed by atoms with Crippen molar-refractivity contribution in [3.8, 4) is 11.6 Å². The average Bonchev–Trinajstić information content (AvgIpc) is 2.74. The molecular weight excluding hydrogens is 393 g/mol. The summed E-state index contributed by atoms with van der Waals surface area (Å²) in [4.78, 5) is 10.8. The number of nitrogens with zero attached hydrogens (tertiary/aromatic N) is 3. The van der Waals surface area contributed by atoms with Crippen molar-refractivity contribution in [3.63, 3.8) is 0 Å². The number of hydrogen-bond acceptors (Lipinski definition) is 5. The highest BCUT2D eigenvalue weighted by Crippen LogP contribution is 2.22. The average molecular weight is 414 g/mol. The smallest absolute Gasteiger partial charge is 0.226 e. The molecule has 1 saturated heterocycles. The minimum absolute atomic E-state index is 0.201. The van der Waals surface area contributed by atoms with Crippen LogP contribution in [0.3, 0.4) is 0 Å². The standard InChI is InChI=1S/C22H21F3N4O/c23-16-2-4-18(5-3-16)30-21-7-10-26-22(28-21)27-17-8-11-29(12-9-17)14-15-1-6-19(24)20(25)13-15/h1-7,10,13,17H,8-9,11-12,14H2,(H,26,27,28). The maximum atomic E-state index is 13.4. The van der Waals surface area contributed by atoms with Gasteiger partial charge in [0, 0.05) is 37.9 Å². The molecule has 0 bridgehead atoms. The summed E-state index contributed by atoms with van der Waals surface area (Å²) in [5.74, 6) is -0.644. The van der Waals surface area contributed by atoms with Gasteiger partial charge in [-0.3, -0.25) is 4.90 Å². The van der Waals surface area contributed by atoms with Crippen LogP contribution in [-0.2, 0) is 6.54 Å². The number of aromatic nitrogens is 2. The van der Waals surface area contributed by atoms with Crippen molar-refractivity contribution in [2.45, 2.75) is 25.4 Å². The molecule has 1 aliphatic rings. The van der Waals surface area contributed by atoms with E-state index in [0.29, 0.717) is 24.1 Å². The first-order valence-corrected chi connectivity index (χ1v) is 9.74. The molecule has 3 aromatic rings. The number of hydrogen-bond donors (Lipinski definition) is 1. The lowest BCUT2D eigenvalue weighted by atomic mass is 10.0. The molecule has 1 fully saturated rings. The summed E-state index contributed by atoms with van der Waals surface area (Å²) < 4.78 is 45.1. The first-order valence-electron chi connectivity index (χ1n) is 9.74. The van der Waals surface area contributed by atoms with E-state index in [9.17, 15) is 13.2 Å². The van der Waals surface area contributed by atoms with Crippen molar-refractivity contribution in [2.24, 2.45) is 0 Å². The van der Waals surface area contributed by atoms with Crippen LogP contribution in [0.4, 0.5) is 19.1 Å². The summed E-state index contributed by atoms with van der Waals surface area (Å²) in [6.07, 6.45) is 3.35. The van der Waals surface area contributed by atoms with Crippen molar-refractivity contribution in [1.82, 2.24) is 14.9 Å². The maximum Gasteiger partial charge on any atom is 0.226 e. The number of ether oxygens (including phenoxy) is 1. The van der Waals surface area contributed by atoms with Crippen molar-refractivity contribution in [3.05, 3.63) is 77.7 Å². The van der Waals surface area contributed by atoms with E-state index in [4.69, 9.17) is 4.74 Å². The fourth-order valence-electron chi connectivity index (χ4n) is 3.41. The highest BCUT2D eigenvalue weighted by atomic mass is 19.2. The predicted octanol–water partition coefficient (Wildman–Crippen LogP) is 4.76. The second kappa shape index (κ2) is 9.13. The van der Waals surface area contributed by atoms with Crippen LogP contribution in [0, 0.1) is 17.5 Å². The van der Waals surface area contributed by atoms with Gasteiger partial charge in [-0.05, 0) is 54.8 Å². The summed E-state index contributed by atoms with van der Waals surface area (Å²) in [5.41, 5.74) is 0.759. The lowest BCUT2D eigenvalue weighted by molar-refractivity contribution is 0.210. The van der Waals surface area contributed by atoms with Gasteiger partial charge in [-0.2, -0.15) is 4.98 Å². The summed E-state index contributed by atoms with van der Waals surface area (Å²) >= 11 is 0. The first kappa shape index (κ1) is 20.2. The zero-order chi connectivity index (χ0) is 20.9. The Kier molecular flexibility index (Phi) is 6.13. The Labute approximate surface area is 172 Å². The van der Waals surface area contributed by atoms with E-state index < -0.39 is 11.6 Å². The molecule has 0 spiro atoms. The van der Waals surface area contributed by atoms with E-state index in [2.05, 4.69) is 20.2 Å². The van der Waals surface area contributed by atoms with Gasteiger partial charge in [0.15, 0.2) is 11.6 Å². The lowest BCUT2D eigenvalue weighted by Gasteiger charge is -2.32. The largest absolute Gasteiger partial charge is 0.439 e. The third kappa shape index (κ3) is 5.27. The van der Waals surface area contributed by atoms with Crippen molar-refractivity contribution < 1.29 is 17.9 Å². The van der Waals surface area contributed by atoms with Gasteiger partial charge in [0.1, 0.15) is 11.6 Å². The molecule has 0 aliphatic carbocycles. The molecule has 2 aromatic carbocycles. The van der Waals surface area contributed by atoms with Gasteiger partial charge in [-0.25, -0.2) is 18.2 Å². The van der Waals surface area contributed by atoms with E-state index >= 15 is 0 Å². The minimum Gasteiger partial charge on any atom is -0.439 e. The normalized spacial score (nSPS) is 15.2. The van der Waals surface area contributed by atoms with Crippen LogP contribution in [0.15, 0.2) is 54.7 Å². The molecule has 30 heavy (non-hydrogen) atoms. The molecule has 0 atom stereocenters. The van der Waals surface area contributed by atoms with E-state index in [0.717, 1.165) is 37.6 Å². The van der Waals surface area contributed by atoms with Crippen molar-refractivity contribution in [1.29, 1.82) is 0 Å². The zero-order valence-corrected chi connectivity index (χ0v) is 16.2. The second-order valence-corrected chi connectivity index (χ2v) is 7.22. The fourth-order valence-corrected chi connectivity index (χ4v) is 3.41.